The molecule has 2 aliphatic rings. The highest BCUT2D eigenvalue weighted by molar-refractivity contribution is 6.40. The number of carbonyl (C=O) groups excluding carboxylic acids is 1. The second-order valence-corrected chi connectivity index (χ2v) is 7.30. The van der Waals surface area contributed by atoms with Crippen LogP contribution >= 0.6 is 0 Å². The largest absolute Gasteiger partial charge is 0.497 e. The van der Waals surface area contributed by atoms with E-state index in [4.69, 9.17) is 9.47 Å². The molecule has 0 spiro atoms. The topological polar surface area (TPSA) is 75.2 Å². The molecule has 2 atom stereocenters. The van der Waals surface area contributed by atoms with E-state index < -0.39 is 11.6 Å². The Balaban J connectivity index is 1.63. The molecular formula is C22H23N3O3. The van der Waals surface area contributed by atoms with Crippen molar-refractivity contribution in [2.24, 2.45) is 0 Å². The SMILES string of the molecule is COc1ccc(C(=[N+]=[N-])C(=O)O[C@@]2(c3ccccc3)CN3CCCC[C@H]32)cc1. The molecule has 0 unspecified atom stereocenters. The normalized spacial score (nSPS) is 23.7. The number of methoxy groups -OCH3 is 1. The van der Waals surface area contributed by atoms with Crippen molar-refractivity contribution in [2.75, 3.05) is 20.2 Å². The van der Waals surface area contributed by atoms with Gasteiger partial charge in [-0.1, -0.05) is 36.8 Å². The number of carbonyl (C=O) groups is 1. The monoisotopic (exact) mass is 377 g/mol. The Bertz CT molecular complexity index is 906. The van der Waals surface area contributed by atoms with Crippen molar-refractivity contribution >= 4 is 11.7 Å². The first-order valence-corrected chi connectivity index (χ1v) is 9.57. The number of nitrogens with zero attached hydrogens (tertiary/aromatic N) is 3. The third-order valence-corrected chi connectivity index (χ3v) is 5.78. The van der Waals surface area contributed by atoms with Gasteiger partial charge in [-0.3, -0.25) is 4.90 Å². The molecule has 6 nitrogen and oxygen atoms in total. The first-order valence-electron chi connectivity index (χ1n) is 9.57. The van der Waals surface area contributed by atoms with E-state index in [1.165, 1.54) is 6.42 Å². The summed E-state index contributed by atoms with van der Waals surface area (Å²) in [5.41, 5.74) is 10.2. The number of rotatable bonds is 5. The Morgan fingerprint density at radius 2 is 1.89 bits per heavy atom. The maximum Gasteiger partial charge on any atom is 0.423 e. The van der Waals surface area contributed by atoms with Crippen molar-refractivity contribution in [3.63, 3.8) is 0 Å². The Kier molecular flexibility index (Phi) is 4.99. The molecule has 0 aromatic heterocycles. The Hall–Kier alpha value is -2.95. The second kappa shape index (κ2) is 7.58. The highest BCUT2D eigenvalue weighted by atomic mass is 16.6. The number of benzene rings is 2. The fourth-order valence-electron chi connectivity index (χ4n) is 4.35. The summed E-state index contributed by atoms with van der Waals surface area (Å²) in [6.07, 6.45) is 3.27. The summed E-state index contributed by atoms with van der Waals surface area (Å²) in [5, 5.41) is 0. The molecule has 0 N–H and O–H groups in total. The molecule has 0 amide bonds. The number of hydrogen-bond donors (Lipinski definition) is 0. The third-order valence-electron chi connectivity index (χ3n) is 5.78. The van der Waals surface area contributed by atoms with Crippen LogP contribution < -0.4 is 4.74 Å². The Morgan fingerprint density at radius 1 is 1.14 bits per heavy atom. The van der Waals surface area contributed by atoms with Gasteiger partial charge in [0.25, 0.3) is 0 Å². The van der Waals surface area contributed by atoms with Crippen LogP contribution in [-0.2, 0) is 15.1 Å². The number of fused-ring (bicyclic) bond motifs is 1. The van der Waals surface area contributed by atoms with E-state index >= 15 is 0 Å². The van der Waals surface area contributed by atoms with Crippen molar-refractivity contribution in [2.45, 2.75) is 30.9 Å². The summed E-state index contributed by atoms with van der Waals surface area (Å²) in [6.45, 7) is 1.69. The molecule has 2 aromatic rings. The number of hydrogen-bond acceptors (Lipinski definition) is 4. The van der Waals surface area contributed by atoms with Crippen LogP contribution in [0.4, 0.5) is 0 Å². The standard InChI is InChI=1S/C22H23N3O3/c1-27-18-12-10-16(11-13-18)20(24-23)21(26)28-22(17-7-3-2-4-8-17)15-25-14-6-5-9-19(22)25/h2-4,7-8,10-13,19H,5-6,9,14-15H2,1H3/t19-,22+/m0/s1. The molecule has 6 heteroatoms. The predicted octanol–water partition coefficient (Wildman–Crippen LogP) is 3.02. The highest BCUT2D eigenvalue weighted by Crippen LogP contribution is 2.46. The van der Waals surface area contributed by atoms with Crippen LogP contribution in [-0.4, -0.2) is 47.6 Å². The van der Waals surface area contributed by atoms with Crippen LogP contribution in [0.2, 0.25) is 0 Å². The van der Waals surface area contributed by atoms with Crippen molar-refractivity contribution < 1.29 is 19.1 Å². The van der Waals surface area contributed by atoms with Gasteiger partial charge in [0.1, 0.15) is 5.75 Å². The summed E-state index contributed by atoms with van der Waals surface area (Å²) >= 11 is 0. The lowest BCUT2D eigenvalue weighted by Gasteiger charge is -2.58. The zero-order chi connectivity index (χ0) is 19.6. The Labute approximate surface area is 164 Å². The Morgan fingerprint density at radius 3 is 2.54 bits per heavy atom. The lowest BCUT2D eigenvalue weighted by Crippen LogP contribution is -2.70. The van der Waals surface area contributed by atoms with Crippen LogP contribution in [0.3, 0.4) is 0 Å². The summed E-state index contributed by atoms with van der Waals surface area (Å²) in [6, 6.07) is 16.8. The van der Waals surface area contributed by atoms with E-state index in [1.807, 2.05) is 30.3 Å². The van der Waals surface area contributed by atoms with Crippen molar-refractivity contribution in [1.82, 2.24) is 4.90 Å². The predicted molar refractivity (Wildman–Crippen MR) is 104 cm³/mol. The fourth-order valence-corrected chi connectivity index (χ4v) is 4.35. The van der Waals surface area contributed by atoms with Gasteiger partial charge in [0.2, 0.25) is 0 Å². The number of piperidine rings is 1. The smallest absolute Gasteiger partial charge is 0.423 e. The van der Waals surface area contributed by atoms with E-state index in [-0.39, 0.29) is 11.8 Å². The highest BCUT2D eigenvalue weighted by Gasteiger charge is 2.58. The van der Waals surface area contributed by atoms with Gasteiger partial charge in [0.05, 0.1) is 18.7 Å². The average Bonchev–Trinajstić information content (AvgIpc) is 2.73. The summed E-state index contributed by atoms with van der Waals surface area (Å²) in [7, 11) is 1.57. The van der Waals surface area contributed by atoms with Gasteiger partial charge in [-0.05, 0) is 49.2 Å². The quantitative estimate of drug-likeness (QED) is 0.347. The lowest BCUT2D eigenvalue weighted by atomic mass is 9.73. The minimum atomic E-state index is -0.707. The van der Waals surface area contributed by atoms with Gasteiger partial charge in [0.15, 0.2) is 5.60 Å². The van der Waals surface area contributed by atoms with Gasteiger partial charge >= 0.3 is 11.7 Å². The van der Waals surface area contributed by atoms with E-state index in [1.54, 1.807) is 31.4 Å². The molecule has 0 bridgehead atoms. The summed E-state index contributed by atoms with van der Waals surface area (Å²) in [5.74, 6) is 0.0359. The molecule has 2 fully saturated rings. The molecule has 0 aliphatic carbocycles. The van der Waals surface area contributed by atoms with Crippen LogP contribution in [0.25, 0.3) is 5.53 Å². The van der Waals surface area contributed by atoms with Gasteiger partial charge in [-0.15, -0.1) is 0 Å². The maximum absolute atomic E-state index is 13.0. The van der Waals surface area contributed by atoms with Crippen LogP contribution in [0.15, 0.2) is 54.6 Å². The number of ether oxygens (including phenoxy) is 2. The van der Waals surface area contributed by atoms with Crippen LogP contribution in [0, 0.1) is 0 Å². The molecule has 2 heterocycles. The second-order valence-electron chi connectivity index (χ2n) is 7.30. The maximum atomic E-state index is 13.0. The summed E-state index contributed by atoms with van der Waals surface area (Å²) < 4.78 is 11.2. The molecule has 28 heavy (non-hydrogen) atoms. The van der Waals surface area contributed by atoms with Gasteiger partial charge in [-0.25, -0.2) is 4.79 Å². The van der Waals surface area contributed by atoms with Gasteiger partial charge in [-0.2, -0.15) is 4.79 Å². The first kappa shape index (κ1) is 18.4. The third kappa shape index (κ3) is 3.11. The summed E-state index contributed by atoms with van der Waals surface area (Å²) in [4.78, 5) is 18.6. The molecule has 2 aliphatic heterocycles. The lowest BCUT2D eigenvalue weighted by molar-refractivity contribution is -0.207. The molecule has 4 rings (SSSR count). The van der Waals surface area contributed by atoms with E-state index in [9.17, 15) is 10.3 Å². The zero-order valence-electron chi connectivity index (χ0n) is 15.9. The fraction of sp³-hybridized carbons (Fsp3) is 0.364. The van der Waals surface area contributed by atoms with Crippen molar-refractivity contribution in [3.8, 4) is 5.75 Å². The van der Waals surface area contributed by atoms with Gasteiger partial charge < -0.3 is 15.0 Å². The van der Waals surface area contributed by atoms with E-state index in [0.717, 1.165) is 24.9 Å². The van der Waals surface area contributed by atoms with E-state index in [2.05, 4.69) is 9.69 Å². The molecule has 144 valence electrons. The molecule has 0 radical (unpaired) electrons. The minimum Gasteiger partial charge on any atom is -0.497 e. The zero-order valence-corrected chi connectivity index (χ0v) is 15.9. The minimum absolute atomic E-state index is 0.104. The van der Waals surface area contributed by atoms with Gasteiger partial charge in [0, 0.05) is 6.54 Å². The number of esters is 1. The molecule has 2 saturated heterocycles. The van der Waals surface area contributed by atoms with Crippen LogP contribution in [0.5, 0.6) is 5.75 Å². The van der Waals surface area contributed by atoms with Crippen molar-refractivity contribution in [3.05, 3.63) is 71.3 Å². The van der Waals surface area contributed by atoms with Crippen LogP contribution in [0.1, 0.15) is 30.4 Å². The molecule has 2 aromatic carbocycles. The van der Waals surface area contributed by atoms with E-state index in [0.29, 0.717) is 17.9 Å². The van der Waals surface area contributed by atoms with Crippen molar-refractivity contribution in [1.29, 1.82) is 0 Å². The first-order chi connectivity index (χ1) is 13.7. The molecule has 0 saturated carbocycles. The average molecular weight is 377 g/mol. The molecular weight excluding hydrogens is 354 g/mol.